The molecule has 7 heteroatoms. The fourth-order valence-corrected chi connectivity index (χ4v) is 2.66. The van der Waals surface area contributed by atoms with E-state index >= 15 is 0 Å². The predicted octanol–water partition coefficient (Wildman–Crippen LogP) is 3.41. The van der Waals surface area contributed by atoms with E-state index in [1.54, 1.807) is 48.5 Å². The maximum Gasteiger partial charge on any atom is 0.251 e. The van der Waals surface area contributed by atoms with E-state index in [4.69, 9.17) is 0 Å². The van der Waals surface area contributed by atoms with Gasteiger partial charge in [-0.3, -0.25) is 14.4 Å². The molecular formula is C23H30N4O3. The van der Waals surface area contributed by atoms with Crippen molar-refractivity contribution in [2.75, 3.05) is 23.7 Å². The van der Waals surface area contributed by atoms with Crippen LogP contribution in [0.5, 0.6) is 0 Å². The zero-order valence-electron chi connectivity index (χ0n) is 17.7. The summed E-state index contributed by atoms with van der Waals surface area (Å²) < 4.78 is 0. The van der Waals surface area contributed by atoms with Gasteiger partial charge in [-0.2, -0.15) is 0 Å². The van der Waals surface area contributed by atoms with Gasteiger partial charge in [-0.05, 0) is 68.8 Å². The Hall–Kier alpha value is -3.35. The SMILES string of the molecule is CCCCNC(=O)c1ccc(NCC(=O)Nc2ccc(C(=O)NC(C)C)cc2)cc1. The molecular weight excluding hydrogens is 380 g/mol. The largest absolute Gasteiger partial charge is 0.376 e. The smallest absolute Gasteiger partial charge is 0.251 e. The third-order valence-electron chi connectivity index (χ3n) is 4.27. The van der Waals surface area contributed by atoms with E-state index in [0.29, 0.717) is 23.4 Å². The quantitative estimate of drug-likeness (QED) is 0.451. The second-order valence-corrected chi connectivity index (χ2v) is 7.29. The zero-order valence-corrected chi connectivity index (χ0v) is 17.7. The van der Waals surface area contributed by atoms with Crippen LogP contribution in [0.1, 0.15) is 54.3 Å². The lowest BCUT2D eigenvalue weighted by Gasteiger charge is -2.10. The highest BCUT2D eigenvalue weighted by atomic mass is 16.2. The topological polar surface area (TPSA) is 99.3 Å². The van der Waals surface area contributed by atoms with Gasteiger partial charge in [0, 0.05) is 35.1 Å². The number of carbonyl (C=O) groups excluding carboxylic acids is 3. The van der Waals surface area contributed by atoms with Gasteiger partial charge in [0.25, 0.3) is 11.8 Å². The zero-order chi connectivity index (χ0) is 21.9. The number of anilines is 2. The second-order valence-electron chi connectivity index (χ2n) is 7.29. The molecule has 0 heterocycles. The molecule has 0 fully saturated rings. The molecule has 2 aromatic rings. The lowest BCUT2D eigenvalue weighted by Crippen LogP contribution is -2.30. The van der Waals surface area contributed by atoms with Gasteiger partial charge in [-0.25, -0.2) is 0 Å². The number of hydrogen-bond acceptors (Lipinski definition) is 4. The van der Waals surface area contributed by atoms with Crippen LogP contribution in [0.15, 0.2) is 48.5 Å². The van der Waals surface area contributed by atoms with E-state index in [0.717, 1.165) is 18.5 Å². The third-order valence-corrected chi connectivity index (χ3v) is 4.27. The summed E-state index contributed by atoms with van der Waals surface area (Å²) in [4.78, 5) is 36.1. The first-order chi connectivity index (χ1) is 14.4. The Morgan fingerprint density at radius 2 is 1.40 bits per heavy atom. The van der Waals surface area contributed by atoms with E-state index < -0.39 is 0 Å². The summed E-state index contributed by atoms with van der Waals surface area (Å²) >= 11 is 0. The van der Waals surface area contributed by atoms with Gasteiger partial charge in [0.15, 0.2) is 0 Å². The van der Waals surface area contributed by atoms with Gasteiger partial charge in [-0.15, -0.1) is 0 Å². The Morgan fingerprint density at radius 3 is 1.97 bits per heavy atom. The summed E-state index contributed by atoms with van der Waals surface area (Å²) in [5.41, 5.74) is 2.49. The molecule has 0 unspecified atom stereocenters. The van der Waals surface area contributed by atoms with E-state index in [1.165, 1.54) is 0 Å². The molecule has 0 aliphatic carbocycles. The van der Waals surface area contributed by atoms with E-state index in [-0.39, 0.29) is 30.3 Å². The van der Waals surface area contributed by atoms with Crippen LogP contribution in [-0.4, -0.2) is 36.9 Å². The standard InChI is InChI=1S/C23H30N4O3/c1-4-5-14-24-22(29)17-6-10-19(11-7-17)25-15-21(28)27-20-12-8-18(9-13-20)23(30)26-16(2)3/h6-13,16,25H,4-5,14-15H2,1-3H3,(H,24,29)(H,26,30)(H,27,28). The van der Waals surface area contributed by atoms with Crippen LogP contribution in [0, 0.1) is 0 Å². The molecule has 4 N–H and O–H groups in total. The first kappa shape index (κ1) is 22.9. The van der Waals surface area contributed by atoms with Crippen molar-refractivity contribution in [1.29, 1.82) is 0 Å². The maximum absolute atomic E-state index is 12.2. The Labute approximate surface area is 177 Å². The molecule has 3 amide bonds. The minimum Gasteiger partial charge on any atom is -0.376 e. The molecule has 0 aromatic heterocycles. The lowest BCUT2D eigenvalue weighted by atomic mass is 10.2. The van der Waals surface area contributed by atoms with Gasteiger partial charge in [0.2, 0.25) is 5.91 Å². The first-order valence-electron chi connectivity index (χ1n) is 10.2. The molecule has 0 spiro atoms. The fraction of sp³-hybridized carbons (Fsp3) is 0.348. The maximum atomic E-state index is 12.2. The van der Waals surface area contributed by atoms with Gasteiger partial charge in [0.1, 0.15) is 0 Å². The molecule has 0 atom stereocenters. The summed E-state index contributed by atoms with van der Waals surface area (Å²) in [5, 5.41) is 11.5. The van der Waals surface area contributed by atoms with E-state index in [9.17, 15) is 14.4 Å². The van der Waals surface area contributed by atoms with Crippen molar-refractivity contribution in [3.63, 3.8) is 0 Å². The highest BCUT2D eigenvalue weighted by Crippen LogP contribution is 2.11. The summed E-state index contributed by atoms with van der Waals surface area (Å²) in [5.74, 6) is -0.457. The number of benzene rings is 2. The molecule has 2 rings (SSSR count). The fourth-order valence-electron chi connectivity index (χ4n) is 2.66. The van der Waals surface area contributed by atoms with Crippen molar-refractivity contribution in [1.82, 2.24) is 10.6 Å². The summed E-state index contributed by atoms with van der Waals surface area (Å²) in [6, 6.07) is 13.8. The van der Waals surface area contributed by atoms with Gasteiger partial charge < -0.3 is 21.3 Å². The Kier molecular flexibility index (Phi) is 8.87. The average molecular weight is 411 g/mol. The highest BCUT2D eigenvalue weighted by molar-refractivity contribution is 5.97. The summed E-state index contributed by atoms with van der Waals surface area (Å²) in [6.45, 7) is 6.62. The number of amides is 3. The minimum atomic E-state index is -0.212. The molecule has 2 aromatic carbocycles. The number of unbranched alkanes of at least 4 members (excludes halogenated alkanes) is 1. The van der Waals surface area contributed by atoms with Crippen molar-refractivity contribution in [2.24, 2.45) is 0 Å². The Morgan fingerprint density at radius 1 is 0.833 bits per heavy atom. The molecule has 0 aliphatic heterocycles. The van der Waals surface area contributed by atoms with Crippen molar-refractivity contribution in [3.05, 3.63) is 59.7 Å². The first-order valence-corrected chi connectivity index (χ1v) is 10.2. The Balaban J connectivity index is 1.80. The van der Waals surface area contributed by atoms with Crippen LogP contribution in [0.3, 0.4) is 0 Å². The summed E-state index contributed by atoms with van der Waals surface area (Å²) in [6.07, 6.45) is 1.98. The van der Waals surface area contributed by atoms with E-state index in [1.807, 2.05) is 13.8 Å². The van der Waals surface area contributed by atoms with Crippen LogP contribution in [-0.2, 0) is 4.79 Å². The van der Waals surface area contributed by atoms with Crippen LogP contribution >= 0.6 is 0 Å². The molecule has 0 bridgehead atoms. The number of carbonyl (C=O) groups is 3. The van der Waals surface area contributed by atoms with Crippen LogP contribution < -0.4 is 21.3 Å². The monoisotopic (exact) mass is 410 g/mol. The van der Waals surface area contributed by atoms with Gasteiger partial charge in [0.05, 0.1) is 6.54 Å². The van der Waals surface area contributed by atoms with E-state index in [2.05, 4.69) is 28.2 Å². The molecule has 0 radical (unpaired) electrons. The second kappa shape index (κ2) is 11.6. The third kappa shape index (κ3) is 7.58. The van der Waals surface area contributed by atoms with Gasteiger partial charge >= 0.3 is 0 Å². The number of nitrogens with one attached hydrogen (secondary N) is 4. The van der Waals surface area contributed by atoms with Crippen LogP contribution in [0.4, 0.5) is 11.4 Å². The molecule has 0 saturated carbocycles. The molecule has 0 aliphatic rings. The number of hydrogen-bond donors (Lipinski definition) is 4. The molecule has 160 valence electrons. The number of rotatable bonds is 10. The van der Waals surface area contributed by atoms with Crippen molar-refractivity contribution >= 4 is 29.1 Å². The summed E-state index contributed by atoms with van der Waals surface area (Å²) in [7, 11) is 0. The molecule has 7 nitrogen and oxygen atoms in total. The minimum absolute atomic E-state index is 0.0625. The van der Waals surface area contributed by atoms with Crippen molar-refractivity contribution < 1.29 is 14.4 Å². The van der Waals surface area contributed by atoms with Crippen molar-refractivity contribution in [3.8, 4) is 0 Å². The molecule has 0 saturated heterocycles. The van der Waals surface area contributed by atoms with Crippen molar-refractivity contribution in [2.45, 2.75) is 39.7 Å². The highest BCUT2D eigenvalue weighted by Gasteiger charge is 2.08. The predicted molar refractivity (Wildman–Crippen MR) is 120 cm³/mol. The van der Waals surface area contributed by atoms with Gasteiger partial charge in [-0.1, -0.05) is 13.3 Å². The average Bonchev–Trinajstić information content (AvgIpc) is 2.72. The van der Waals surface area contributed by atoms with Crippen LogP contribution in [0.25, 0.3) is 0 Å². The lowest BCUT2D eigenvalue weighted by molar-refractivity contribution is -0.114. The normalized spacial score (nSPS) is 10.4. The molecule has 30 heavy (non-hydrogen) atoms. The van der Waals surface area contributed by atoms with Crippen LogP contribution in [0.2, 0.25) is 0 Å². The Bertz CT molecular complexity index is 846.